The van der Waals surface area contributed by atoms with Gasteiger partial charge in [-0.3, -0.25) is 4.98 Å². The van der Waals surface area contributed by atoms with Gasteiger partial charge in [-0.25, -0.2) is 0 Å². The molecular weight excluding hydrogens is 348 g/mol. The zero-order chi connectivity index (χ0) is 20.1. The predicted molar refractivity (Wildman–Crippen MR) is 116 cm³/mol. The van der Waals surface area contributed by atoms with Crippen molar-refractivity contribution in [1.82, 2.24) is 4.98 Å². The Morgan fingerprint density at radius 1 is 1.19 bits per heavy atom. The number of pyridine rings is 1. The van der Waals surface area contributed by atoms with Crippen molar-refractivity contribution < 1.29 is 4.43 Å². The Hall–Kier alpha value is -2.22. The average molecular weight is 379 g/mol. The van der Waals surface area contributed by atoms with E-state index < -0.39 is 8.32 Å². The standard InChI is InChI=1S/C23H30N2OSi/c1-7-21-18(15-20(16-24)22-13-8-9-14-25-22)11-10-12-19(21)17-26-27(5,6)23(2,3)4/h8-15H,7,17H2,1-6H3. The van der Waals surface area contributed by atoms with Gasteiger partial charge in [-0.2, -0.15) is 5.26 Å². The van der Waals surface area contributed by atoms with Gasteiger partial charge in [-0.15, -0.1) is 0 Å². The van der Waals surface area contributed by atoms with Crippen molar-refractivity contribution in [2.24, 2.45) is 0 Å². The van der Waals surface area contributed by atoms with Gasteiger partial charge in [0.2, 0.25) is 0 Å². The van der Waals surface area contributed by atoms with Gasteiger partial charge in [0.1, 0.15) is 6.07 Å². The molecule has 2 rings (SSSR count). The van der Waals surface area contributed by atoms with Crippen LogP contribution in [0.3, 0.4) is 0 Å². The Balaban J connectivity index is 2.37. The molecule has 1 heterocycles. The number of aromatic nitrogens is 1. The van der Waals surface area contributed by atoms with E-state index in [9.17, 15) is 5.26 Å². The zero-order valence-electron chi connectivity index (χ0n) is 17.3. The summed E-state index contributed by atoms with van der Waals surface area (Å²) in [7, 11) is -1.81. The number of nitriles is 1. The first-order chi connectivity index (χ1) is 12.7. The second-order valence-corrected chi connectivity index (χ2v) is 13.1. The van der Waals surface area contributed by atoms with E-state index >= 15 is 0 Å². The van der Waals surface area contributed by atoms with E-state index in [4.69, 9.17) is 4.43 Å². The van der Waals surface area contributed by atoms with Crippen LogP contribution in [0.1, 0.15) is 50.1 Å². The van der Waals surface area contributed by atoms with Crippen molar-refractivity contribution in [2.75, 3.05) is 0 Å². The lowest BCUT2D eigenvalue weighted by Gasteiger charge is -2.36. The smallest absolute Gasteiger partial charge is 0.192 e. The van der Waals surface area contributed by atoms with E-state index in [0.717, 1.165) is 12.0 Å². The summed E-state index contributed by atoms with van der Waals surface area (Å²) in [6.45, 7) is 14.1. The third-order valence-corrected chi connectivity index (χ3v) is 9.90. The minimum atomic E-state index is -1.81. The molecule has 0 spiro atoms. The van der Waals surface area contributed by atoms with Gasteiger partial charge in [0.15, 0.2) is 8.32 Å². The van der Waals surface area contributed by atoms with Gasteiger partial charge in [0.05, 0.1) is 17.9 Å². The molecule has 0 unspecified atom stereocenters. The van der Waals surface area contributed by atoms with Crippen molar-refractivity contribution >= 4 is 20.0 Å². The number of hydrogen-bond acceptors (Lipinski definition) is 3. The fourth-order valence-corrected chi connectivity index (χ4v) is 3.62. The summed E-state index contributed by atoms with van der Waals surface area (Å²) in [6, 6.07) is 14.2. The molecule has 142 valence electrons. The highest BCUT2D eigenvalue weighted by Gasteiger charge is 2.37. The molecular formula is C23H30N2OSi. The minimum Gasteiger partial charge on any atom is -0.413 e. The largest absolute Gasteiger partial charge is 0.413 e. The van der Waals surface area contributed by atoms with Crippen LogP contribution in [0.5, 0.6) is 0 Å². The molecule has 2 aromatic rings. The van der Waals surface area contributed by atoms with Crippen molar-refractivity contribution in [3.05, 3.63) is 65.0 Å². The van der Waals surface area contributed by atoms with Crippen LogP contribution in [0, 0.1) is 11.3 Å². The monoisotopic (exact) mass is 378 g/mol. The van der Waals surface area contributed by atoms with E-state index in [-0.39, 0.29) is 5.04 Å². The van der Waals surface area contributed by atoms with Crippen LogP contribution in [-0.4, -0.2) is 13.3 Å². The van der Waals surface area contributed by atoms with Crippen LogP contribution >= 0.6 is 0 Å². The van der Waals surface area contributed by atoms with Crippen LogP contribution in [0.4, 0.5) is 0 Å². The van der Waals surface area contributed by atoms with Gasteiger partial charge in [0.25, 0.3) is 0 Å². The van der Waals surface area contributed by atoms with Gasteiger partial charge < -0.3 is 4.43 Å². The first-order valence-electron chi connectivity index (χ1n) is 9.47. The van der Waals surface area contributed by atoms with Crippen LogP contribution in [0.2, 0.25) is 18.1 Å². The third-order valence-electron chi connectivity index (χ3n) is 5.42. The summed E-state index contributed by atoms with van der Waals surface area (Å²) < 4.78 is 6.43. The predicted octanol–water partition coefficient (Wildman–Crippen LogP) is 6.23. The van der Waals surface area contributed by atoms with Gasteiger partial charge in [0, 0.05) is 6.20 Å². The lowest BCUT2D eigenvalue weighted by atomic mass is 9.97. The fourth-order valence-electron chi connectivity index (χ4n) is 2.67. The summed E-state index contributed by atoms with van der Waals surface area (Å²) in [6.07, 6.45) is 4.55. The quantitative estimate of drug-likeness (QED) is 0.442. The molecule has 0 radical (unpaired) electrons. The number of benzene rings is 1. The summed E-state index contributed by atoms with van der Waals surface area (Å²) >= 11 is 0. The molecule has 0 atom stereocenters. The summed E-state index contributed by atoms with van der Waals surface area (Å²) in [5, 5.41) is 9.78. The normalized spacial score (nSPS) is 12.7. The van der Waals surface area contributed by atoms with Gasteiger partial charge in [-0.05, 0) is 59.5 Å². The molecule has 0 bridgehead atoms. The highest BCUT2D eigenvalue weighted by Crippen LogP contribution is 2.37. The number of allylic oxidation sites excluding steroid dienone is 1. The molecule has 0 N–H and O–H groups in total. The summed E-state index contributed by atoms with van der Waals surface area (Å²) in [4.78, 5) is 4.31. The van der Waals surface area contributed by atoms with E-state index in [1.54, 1.807) is 6.20 Å². The number of rotatable bonds is 6. The van der Waals surface area contributed by atoms with Crippen LogP contribution < -0.4 is 0 Å². The molecule has 0 aliphatic heterocycles. The van der Waals surface area contributed by atoms with E-state index in [1.165, 1.54) is 11.1 Å². The highest BCUT2D eigenvalue weighted by atomic mass is 28.4. The summed E-state index contributed by atoms with van der Waals surface area (Å²) in [5.41, 5.74) is 4.78. The maximum absolute atomic E-state index is 9.60. The molecule has 1 aromatic carbocycles. The van der Waals surface area contributed by atoms with Crippen LogP contribution in [0.15, 0.2) is 42.6 Å². The maximum Gasteiger partial charge on any atom is 0.192 e. The first kappa shape index (κ1) is 21.1. The third kappa shape index (κ3) is 5.15. The molecule has 0 amide bonds. The van der Waals surface area contributed by atoms with Crippen molar-refractivity contribution in [1.29, 1.82) is 5.26 Å². The second-order valence-electron chi connectivity index (χ2n) is 8.27. The molecule has 0 saturated carbocycles. The van der Waals surface area contributed by atoms with Gasteiger partial charge in [-0.1, -0.05) is 52.0 Å². The average Bonchev–Trinajstić information content (AvgIpc) is 2.64. The summed E-state index contributed by atoms with van der Waals surface area (Å²) in [5.74, 6) is 0. The number of nitrogens with zero attached hydrogens (tertiary/aromatic N) is 2. The van der Waals surface area contributed by atoms with E-state index in [0.29, 0.717) is 17.9 Å². The second kappa shape index (κ2) is 8.64. The molecule has 0 aliphatic rings. The highest BCUT2D eigenvalue weighted by molar-refractivity contribution is 6.74. The van der Waals surface area contributed by atoms with Crippen LogP contribution in [-0.2, 0) is 17.5 Å². The number of hydrogen-bond donors (Lipinski definition) is 0. The molecule has 0 saturated heterocycles. The Labute approximate surface area is 164 Å². The lowest BCUT2D eigenvalue weighted by Crippen LogP contribution is -2.40. The molecule has 3 nitrogen and oxygen atoms in total. The topological polar surface area (TPSA) is 45.9 Å². The fraction of sp³-hybridized carbons (Fsp3) is 0.391. The maximum atomic E-state index is 9.60. The van der Waals surface area contributed by atoms with Crippen molar-refractivity contribution in [3.63, 3.8) is 0 Å². The van der Waals surface area contributed by atoms with Crippen molar-refractivity contribution in [3.8, 4) is 6.07 Å². The van der Waals surface area contributed by atoms with Crippen molar-refractivity contribution in [2.45, 2.75) is 58.9 Å². The first-order valence-corrected chi connectivity index (χ1v) is 12.4. The molecule has 4 heteroatoms. The molecule has 1 aromatic heterocycles. The Kier molecular flexibility index (Phi) is 6.75. The Morgan fingerprint density at radius 3 is 2.48 bits per heavy atom. The Morgan fingerprint density at radius 2 is 1.93 bits per heavy atom. The van der Waals surface area contributed by atoms with E-state index in [1.807, 2.05) is 30.3 Å². The SMILES string of the molecule is CCc1c(C=C(C#N)c2ccccn2)cccc1CO[Si](C)(C)C(C)(C)C. The van der Waals surface area contributed by atoms with Gasteiger partial charge >= 0.3 is 0 Å². The minimum absolute atomic E-state index is 0.184. The molecule has 27 heavy (non-hydrogen) atoms. The Bertz CT molecular complexity index is 843. The lowest BCUT2D eigenvalue weighted by molar-refractivity contribution is 0.275. The molecule has 0 fully saturated rings. The molecule has 0 aliphatic carbocycles. The van der Waals surface area contributed by atoms with Crippen LogP contribution in [0.25, 0.3) is 11.6 Å². The zero-order valence-corrected chi connectivity index (χ0v) is 18.3. The van der Waals surface area contributed by atoms with E-state index in [2.05, 4.69) is 64.0 Å².